The molecule has 11 nitrogen and oxygen atoms in total. The first-order valence-electron chi connectivity index (χ1n) is 9.06. The normalized spacial score (nSPS) is 18.3. The van der Waals surface area contributed by atoms with Gasteiger partial charge in [-0.05, 0) is 6.07 Å². The number of non-ortho nitro benzene ring substituents is 1. The standard InChI is InChI=1S/C17H20N4O7S/c22-15(6-7-20-16(23)4-5-17(20)24)18-8-10-19(11-9-18)29(27,28)14-3-1-2-13(12-14)21(25)26/h1-3,12H,4-11H2. The number of sulfonamides is 1. The molecule has 2 fully saturated rings. The van der Waals surface area contributed by atoms with Crippen LogP contribution in [0.4, 0.5) is 5.69 Å². The van der Waals surface area contributed by atoms with Crippen molar-refractivity contribution in [1.29, 1.82) is 0 Å². The quantitative estimate of drug-likeness (QED) is 0.355. The second-order valence-electron chi connectivity index (χ2n) is 6.73. The molecule has 0 bridgehead atoms. The van der Waals surface area contributed by atoms with E-state index in [2.05, 4.69) is 0 Å². The number of benzene rings is 1. The number of piperazine rings is 1. The van der Waals surface area contributed by atoms with E-state index in [4.69, 9.17) is 0 Å². The van der Waals surface area contributed by atoms with Crippen LogP contribution in [0.5, 0.6) is 0 Å². The van der Waals surface area contributed by atoms with Gasteiger partial charge in [0.1, 0.15) is 0 Å². The van der Waals surface area contributed by atoms with Crippen LogP contribution < -0.4 is 0 Å². The molecule has 1 aromatic rings. The van der Waals surface area contributed by atoms with Crippen LogP contribution in [0, 0.1) is 10.1 Å². The van der Waals surface area contributed by atoms with Crippen molar-refractivity contribution in [3.05, 3.63) is 34.4 Å². The fourth-order valence-corrected chi connectivity index (χ4v) is 4.78. The molecule has 2 saturated heterocycles. The summed E-state index contributed by atoms with van der Waals surface area (Å²) in [5, 5.41) is 10.9. The SMILES string of the molecule is O=C(CCN1C(=O)CCC1=O)N1CCN(S(=O)(=O)c2cccc([N+](=O)[O-])c2)CC1. The molecule has 0 N–H and O–H groups in total. The van der Waals surface area contributed by atoms with Crippen molar-refractivity contribution < 1.29 is 27.7 Å². The third kappa shape index (κ3) is 4.43. The zero-order chi connectivity index (χ0) is 21.2. The largest absolute Gasteiger partial charge is 0.340 e. The first-order valence-corrected chi connectivity index (χ1v) is 10.5. The van der Waals surface area contributed by atoms with Gasteiger partial charge >= 0.3 is 0 Å². The fraction of sp³-hybridized carbons (Fsp3) is 0.471. The lowest BCUT2D eigenvalue weighted by atomic mass is 10.3. The zero-order valence-electron chi connectivity index (χ0n) is 15.5. The van der Waals surface area contributed by atoms with E-state index in [0.29, 0.717) is 0 Å². The van der Waals surface area contributed by atoms with E-state index in [0.717, 1.165) is 11.0 Å². The van der Waals surface area contributed by atoms with Gasteiger partial charge in [-0.3, -0.25) is 29.4 Å². The average Bonchev–Trinajstić information content (AvgIpc) is 3.03. The maximum atomic E-state index is 12.7. The Labute approximate surface area is 167 Å². The van der Waals surface area contributed by atoms with Gasteiger partial charge < -0.3 is 4.90 Å². The highest BCUT2D eigenvalue weighted by atomic mass is 32.2. The fourth-order valence-electron chi connectivity index (χ4n) is 3.32. The molecule has 0 spiro atoms. The summed E-state index contributed by atoms with van der Waals surface area (Å²) in [5.41, 5.74) is -0.314. The maximum Gasteiger partial charge on any atom is 0.270 e. The number of nitrogens with zero attached hydrogens (tertiary/aromatic N) is 4. The van der Waals surface area contributed by atoms with Crippen LogP contribution >= 0.6 is 0 Å². The van der Waals surface area contributed by atoms with E-state index in [1.54, 1.807) is 0 Å². The third-order valence-corrected chi connectivity index (χ3v) is 6.86. The van der Waals surface area contributed by atoms with E-state index in [-0.39, 0.29) is 80.3 Å². The van der Waals surface area contributed by atoms with Crippen LogP contribution in [0.25, 0.3) is 0 Å². The van der Waals surface area contributed by atoms with Crippen molar-refractivity contribution in [3.63, 3.8) is 0 Å². The number of amides is 3. The van der Waals surface area contributed by atoms with E-state index >= 15 is 0 Å². The highest BCUT2D eigenvalue weighted by molar-refractivity contribution is 7.89. The number of likely N-dealkylation sites (tertiary alicyclic amines) is 1. The smallest absolute Gasteiger partial charge is 0.270 e. The zero-order valence-corrected chi connectivity index (χ0v) is 16.3. The Kier molecular flexibility index (Phi) is 5.94. The summed E-state index contributed by atoms with van der Waals surface area (Å²) in [6.07, 6.45) is 0.331. The van der Waals surface area contributed by atoms with Gasteiger partial charge in [0, 0.05) is 64.1 Å². The molecule has 1 aromatic carbocycles. The first kappa shape index (κ1) is 20.9. The predicted octanol–water partition coefficient (Wildman–Crippen LogP) is -0.0332. The highest BCUT2D eigenvalue weighted by Gasteiger charge is 2.32. The third-order valence-electron chi connectivity index (χ3n) is 4.96. The number of carbonyl (C=O) groups is 3. The van der Waals surface area contributed by atoms with E-state index in [9.17, 15) is 32.9 Å². The van der Waals surface area contributed by atoms with Crippen molar-refractivity contribution >= 4 is 33.4 Å². The number of nitro benzene ring substituents is 1. The molecule has 0 atom stereocenters. The molecule has 2 heterocycles. The van der Waals surface area contributed by atoms with Crippen LogP contribution in [0.15, 0.2) is 29.2 Å². The van der Waals surface area contributed by atoms with Crippen molar-refractivity contribution in [2.24, 2.45) is 0 Å². The predicted molar refractivity (Wildman–Crippen MR) is 99.0 cm³/mol. The number of hydrogen-bond donors (Lipinski definition) is 0. The van der Waals surface area contributed by atoms with Crippen LogP contribution in [0.2, 0.25) is 0 Å². The number of hydrogen-bond acceptors (Lipinski definition) is 7. The van der Waals surface area contributed by atoms with Crippen LogP contribution in [0.3, 0.4) is 0 Å². The molecule has 12 heteroatoms. The Bertz CT molecular complexity index is 938. The minimum atomic E-state index is -3.91. The lowest BCUT2D eigenvalue weighted by Crippen LogP contribution is -2.51. The van der Waals surface area contributed by atoms with Crippen molar-refractivity contribution in [3.8, 4) is 0 Å². The molecule has 2 aliphatic rings. The summed E-state index contributed by atoms with van der Waals surface area (Å²) in [6.45, 7) is 0.461. The minimum Gasteiger partial charge on any atom is -0.340 e. The van der Waals surface area contributed by atoms with E-state index in [1.165, 1.54) is 27.4 Å². The van der Waals surface area contributed by atoms with Crippen LogP contribution in [0.1, 0.15) is 19.3 Å². The van der Waals surface area contributed by atoms with Gasteiger partial charge in [0.2, 0.25) is 27.7 Å². The summed E-state index contributed by atoms with van der Waals surface area (Å²) >= 11 is 0. The summed E-state index contributed by atoms with van der Waals surface area (Å²) in [5.74, 6) is -0.823. The van der Waals surface area contributed by atoms with Gasteiger partial charge in [-0.2, -0.15) is 4.31 Å². The number of rotatable bonds is 6. The topological polar surface area (TPSA) is 138 Å². The summed E-state index contributed by atoms with van der Waals surface area (Å²) in [6, 6.07) is 4.83. The molecule has 0 unspecified atom stereocenters. The van der Waals surface area contributed by atoms with Gasteiger partial charge in [0.25, 0.3) is 5.69 Å². The van der Waals surface area contributed by atoms with Crippen molar-refractivity contribution in [2.75, 3.05) is 32.7 Å². The molecule has 3 rings (SSSR count). The van der Waals surface area contributed by atoms with Gasteiger partial charge in [-0.15, -0.1) is 0 Å². The molecule has 3 amide bonds. The molecule has 2 aliphatic heterocycles. The lowest BCUT2D eigenvalue weighted by molar-refractivity contribution is -0.385. The van der Waals surface area contributed by atoms with Crippen molar-refractivity contribution in [1.82, 2.24) is 14.1 Å². The van der Waals surface area contributed by atoms with Gasteiger partial charge in [0.15, 0.2) is 0 Å². The molecule has 0 saturated carbocycles. The number of imide groups is 1. The lowest BCUT2D eigenvalue weighted by Gasteiger charge is -2.34. The van der Waals surface area contributed by atoms with Gasteiger partial charge in [0.05, 0.1) is 9.82 Å². The maximum absolute atomic E-state index is 12.7. The van der Waals surface area contributed by atoms with Crippen molar-refractivity contribution in [2.45, 2.75) is 24.2 Å². The highest BCUT2D eigenvalue weighted by Crippen LogP contribution is 2.22. The Morgan fingerprint density at radius 1 is 1.07 bits per heavy atom. The second-order valence-corrected chi connectivity index (χ2v) is 8.67. The molecule has 0 aliphatic carbocycles. The summed E-state index contributed by atoms with van der Waals surface area (Å²) in [7, 11) is -3.91. The number of nitro groups is 1. The molecule has 0 aromatic heterocycles. The second kappa shape index (κ2) is 8.25. The Morgan fingerprint density at radius 2 is 1.69 bits per heavy atom. The average molecular weight is 424 g/mol. The summed E-state index contributed by atoms with van der Waals surface area (Å²) in [4.78, 5) is 48.2. The molecule has 156 valence electrons. The van der Waals surface area contributed by atoms with E-state index < -0.39 is 14.9 Å². The number of carbonyl (C=O) groups excluding carboxylic acids is 3. The van der Waals surface area contributed by atoms with Gasteiger partial charge in [-0.25, -0.2) is 8.42 Å². The summed E-state index contributed by atoms with van der Waals surface area (Å²) < 4.78 is 26.6. The molecule has 29 heavy (non-hydrogen) atoms. The Balaban J connectivity index is 1.57. The van der Waals surface area contributed by atoms with Crippen LogP contribution in [-0.2, 0) is 24.4 Å². The van der Waals surface area contributed by atoms with Gasteiger partial charge in [-0.1, -0.05) is 6.07 Å². The van der Waals surface area contributed by atoms with Crippen LogP contribution in [-0.4, -0.2) is 77.9 Å². The molecule has 0 radical (unpaired) electrons. The molecular weight excluding hydrogens is 404 g/mol. The van der Waals surface area contributed by atoms with E-state index in [1.807, 2.05) is 0 Å². The minimum absolute atomic E-state index is 0.00485. The molecular formula is C17H20N4O7S. The monoisotopic (exact) mass is 424 g/mol. The first-order chi connectivity index (χ1) is 13.7. The Hall–Kier alpha value is -2.86. The Morgan fingerprint density at radius 3 is 2.28 bits per heavy atom.